The molecule has 0 saturated heterocycles. The van der Waals surface area contributed by atoms with Gasteiger partial charge in [0.05, 0.1) is 0 Å². The summed E-state index contributed by atoms with van der Waals surface area (Å²) in [5, 5.41) is 1.94. The Hall–Kier alpha value is -0.760. The summed E-state index contributed by atoms with van der Waals surface area (Å²) in [7, 11) is 0. The lowest BCUT2D eigenvalue weighted by molar-refractivity contribution is -0.111. The summed E-state index contributed by atoms with van der Waals surface area (Å²) >= 11 is 1.69. The van der Waals surface area contributed by atoms with Crippen LogP contribution in [-0.2, 0) is 4.79 Å². The van der Waals surface area contributed by atoms with Crippen molar-refractivity contribution in [1.82, 2.24) is 0 Å². The molecule has 0 fully saturated rings. The van der Waals surface area contributed by atoms with E-state index in [1.54, 1.807) is 17.8 Å². The number of ketones is 1. The number of hydrogen-bond donors (Lipinski definition) is 0. The van der Waals surface area contributed by atoms with Crippen LogP contribution in [0.2, 0.25) is 0 Å². The van der Waals surface area contributed by atoms with Crippen LogP contribution in [0.3, 0.4) is 0 Å². The van der Waals surface area contributed by atoms with Crippen LogP contribution in [0, 0.1) is 0 Å². The van der Waals surface area contributed by atoms with E-state index < -0.39 is 0 Å². The van der Waals surface area contributed by atoms with Gasteiger partial charge in [0.1, 0.15) is 0 Å². The standard InChI is InChI=1S/C8H6OS/c9-8-3-1-2-6-4-10-5-7(6)8/h1-3,5H,4H2. The van der Waals surface area contributed by atoms with E-state index in [0.29, 0.717) is 0 Å². The third-order valence-electron chi connectivity index (χ3n) is 1.60. The van der Waals surface area contributed by atoms with E-state index in [1.165, 1.54) is 5.57 Å². The monoisotopic (exact) mass is 150 g/mol. The van der Waals surface area contributed by atoms with Gasteiger partial charge in [-0.15, -0.1) is 11.8 Å². The summed E-state index contributed by atoms with van der Waals surface area (Å²) in [5.74, 6) is 1.12. The number of rotatable bonds is 0. The average Bonchev–Trinajstić information content (AvgIpc) is 2.36. The van der Waals surface area contributed by atoms with E-state index in [1.807, 2.05) is 17.6 Å². The number of carbonyl (C=O) groups excluding carboxylic acids is 1. The molecule has 0 aromatic heterocycles. The van der Waals surface area contributed by atoms with Crippen molar-refractivity contribution in [3.05, 3.63) is 34.8 Å². The van der Waals surface area contributed by atoms with Crippen molar-refractivity contribution >= 4 is 17.5 Å². The van der Waals surface area contributed by atoms with E-state index in [0.717, 1.165) is 11.3 Å². The lowest BCUT2D eigenvalue weighted by Gasteiger charge is -2.02. The first-order chi connectivity index (χ1) is 4.88. The summed E-state index contributed by atoms with van der Waals surface area (Å²) in [6.45, 7) is 0. The molecule has 2 aliphatic rings. The van der Waals surface area contributed by atoms with Crippen LogP contribution in [0.25, 0.3) is 0 Å². The van der Waals surface area contributed by atoms with Crippen molar-refractivity contribution in [1.29, 1.82) is 0 Å². The Morgan fingerprint density at radius 2 is 2.40 bits per heavy atom. The van der Waals surface area contributed by atoms with Crippen LogP contribution in [0.1, 0.15) is 0 Å². The summed E-state index contributed by atoms with van der Waals surface area (Å²) in [4.78, 5) is 11.1. The largest absolute Gasteiger partial charge is 0.289 e. The quantitative estimate of drug-likeness (QED) is 0.522. The van der Waals surface area contributed by atoms with E-state index >= 15 is 0 Å². The number of carbonyl (C=O) groups is 1. The molecule has 2 rings (SSSR count). The van der Waals surface area contributed by atoms with E-state index in [-0.39, 0.29) is 5.78 Å². The molecule has 0 radical (unpaired) electrons. The molecule has 0 atom stereocenters. The minimum atomic E-state index is 0.155. The summed E-state index contributed by atoms with van der Waals surface area (Å²) in [6, 6.07) is 0. The fourth-order valence-corrected chi connectivity index (χ4v) is 2.01. The zero-order valence-corrected chi connectivity index (χ0v) is 6.15. The van der Waals surface area contributed by atoms with Crippen molar-refractivity contribution in [2.45, 2.75) is 0 Å². The van der Waals surface area contributed by atoms with E-state index in [4.69, 9.17) is 0 Å². The number of fused-ring (bicyclic) bond motifs is 1. The maximum Gasteiger partial charge on any atom is 0.186 e. The normalized spacial score (nSPS) is 22.2. The number of allylic oxidation sites excluding steroid dienone is 4. The van der Waals surface area contributed by atoms with Crippen molar-refractivity contribution in [3.63, 3.8) is 0 Å². The SMILES string of the molecule is O=C1C=CC=C2CSC=C12. The first kappa shape index (κ1) is 5.98. The molecule has 0 bridgehead atoms. The zero-order chi connectivity index (χ0) is 6.97. The summed E-state index contributed by atoms with van der Waals surface area (Å²) in [5.41, 5.74) is 2.07. The minimum Gasteiger partial charge on any atom is -0.289 e. The Morgan fingerprint density at radius 3 is 3.20 bits per heavy atom. The van der Waals surface area contributed by atoms with Gasteiger partial charge in [-0.05, 0) is 17.1 Å². The molecular weight excluding hydrogens is 144 g/mol. The van der Waals surface area contributed by atoms with Gasteiger partial charge >= 0.3 is 0 Å². The molecule has 1 aliphatic carbocycles. The van der Waals surface area contributed by atoms with Crippen LogP contribution < -0.4 is 0 Å². The highest BCUT2D eigenvalue weighted by Crippen LogP contribution is 2.30. The lowest BCUT2D eigenvalue weighted by atomic mass is 10.0. The first-order valence-corrected chi connectivity index (χ1v) is 4.16. The van der Waals surface area contributed by atoms with Gasteiger partial charge < -0.3 is 0 Å². The maximum atomic E-state index is 11.1. The van der Waals surface area contributed by atoms with Crippen LogP contribution in [0.4, 0.5) is 0 Å². The van der Waals surface area contributed by atoms with Crippen LogP contribution in [0.15, 0.2) is 34.8 Å². The molecule has 1 heterocycles. The van der Waals surface area contributed by atoms with Crippen LogP contribution in [-0.4, -0.2) is 11.5 Å². The van der Waals surface area contributed by atoms with E-state index in [2.05, 4.69) is 0 Å². The third kappa shape index (κ3) is 0.762. The summed E-state index contributed by atoms with van der Waals surface area (Å²) in [6.07, 6.45) is 5.44. The topological polar surface area (TPSA) is 17.1 Å². The highest BCUT2D eigenvalue weighted by Gasteiger charge is 2.18. The zero-order valence-electron chi connectivity index (χ0n) is 5.33. The van der Waals surface area contributed by atoms with Gasteiger partial charge in [0.15, 0.2) is 5.78 Å². The van der Waals surface area contributed by atoms with Gasteiger partial charge in [0.2, 0.25) is 0 Å². The highest BCUT2D eigenvalue weighted by molar-refractivity contribution is 8.02. The molecule has 0 spiro atoms. The Morgan fingerprint density at radius 1 is 1.50 bits per heavy atom. The maximum absolute atomic E-state index is 11.1. The molecule has 2 heteroatoms. The molecule has 50 valence electrons. The molecule has 1 aliphatic heterocycles. The van der Waals surface area contributed by atoms with Crippen LogP contribution in [0.5, 0.6) is 0 Å². The second-order valence-electron chi connectivity index (χ2n) is 2.26. The Labute approximate surface area is 63.5 Å². The molecule has 0 aromatic carbocycles. The second kappa shape index (κ2) is 2.13. The summed E-state index contributed by atoms with van der Waals surface area (Å²) < 4.78 is 0. The van der Waals surface area contributed by atoms with Crippen molar-refractivity contribution in [3.8, 4) is 0 Å². The van der Waals surface area contributed by atoms with Gasteiger partial charge in [0.25, 0.3) is 0 Å². The van der Waals surface area contributed by atoms with Crippen molar-refractivity contribution in [2.75, 3.05) is 5.75 Å². The lowest BCUT2D eigenvalue weighted by Crippen LogP contribution is -2.02. The predicted octanol–water partition coefficient (Wildman–Crippen LogP) is 1.68. The predicted molar refractivity (Wildman–Crippen MR) is 42.8 cm³/mol. The van der Waals surface area contributed by atoms with Gasteiger partial charge in [-0.1, -0.05) is 12.2 Å². The minimum absolute atomic E-state index is 0.155. The molecule has 10 heavy (non-hydrogen) atoms. The smallest absolute Gasteiger partial charge is 0.186 e. The third-order valence-corrected chi connectivity index (χ3v) is 2.48. The Kier molecular flexibility index (Phi) is 1.27. The fraction of sp³-hybridized carbons (Fsp3) is 0.125. The molecule has 0 amide bonds. The molecule has 0 saturated carbocycles. The van der Waals surface area contributed by atoms with Crippen LogP contribution >= 0.6 is 11.8 Å². The van der Waals surface area contributed by atoms with Gasteiger partial charge in [-0.3, -0.25) is 4.79 Å². The Bertz CT molecular complexity index is 271. The second-order valence-corrected chi connectivity index (χ2v) is 3.12. The molecule has 0 aromatic rings. The van der Waals surface area contributed by atoms with Gasteiger partial charge in [-0.2, -0.15) is 0 Å². The van der Waals surface area contributed by atoms with Gasteiger partial charge in [0, 0.05) is 11.3 Å². The van der Waals surface area contributed by atoms with Gasteiger partial charge in [-0.25, -0.2) is 0 Å². The molecule has 0 unspecified atom stereocenters. The number of hydrogen-bond acceptors (Lipinski definition) is 2. The number of thioether (sulfide) groups is 1. The average molecular weight is 150 g/mol. The molecule has 0 N–H and O–H groups in total. The Balaban J connectivity index is 2.48. The highest BCUT2D eigenvalue weighted by atomic mass is 32.2. The molecular formula is C8H6OS. The van der Waals surface area contributed by atoms with Crippen molar-refractivity contribution in [2.24, 2.45) is 0 Å². The molecule has 1 nitrogen and oxygen atoms in total. The van der Waals surface area contributed by atoms with Crippen molar-refractivity contribution < 1.29 is 4.79 Å². The fourth-order valence-electron chi connectivity index (χ4n) is 1.06. The first-order valence-electron chi connectivity index (χ1n) is 3.11. The van der Waals surface area contributed by atoms with E-state index in [9.17, 15) is 4.79 Å².